The smallest absolute Gasteiger partial charge is 0.230 e. The van der Waals surface area contributed by atoms with Crippen LogP contribution in [0.2, 0.25) is 5.02 Å². The van der Waals surface area contributed by atoms with E-state index in [-0.39, 0.29) is 11.7 Å². The number of hydrogen-bond acceptors (Lipinski definition) is 5. The van der Waals surface area contributed by atoms with Crippen molar-refractivity contribution in [1.82, 2.24) is 25.1 Å². The minimum absolute atomic E-state index is 0.0679. The van der Waals surface area contributed by atoms with Crippen LogP contribution in [0.5, 0.6) is 0 Å². The van der Waals surface area contributed by atoms with Gasteiger partial charge in [-0.25, -0.2) is 0 Å². The number of pyridine rings is 1. The molecule has 2 aromatic heterocycles. The third-order valence-corrected chi connectivity index (χ3v) is 5.78. The fourth-order valence-electron chi connectivity index (χ4n) is 2.96. The predicted molar refractivity (Wildman–Crippen MR) is 123 cm³/mol. The molecule has 0 unspecified atom stereocenters. The molecule has 0 radical (unpaired) electrons. The molecular formula is C23H20ClN5OS. The fourth-order valence-corrected chi connectivity index (χ4v) is 3.87. The first-order chi connectivity index (χ1) is 15.1. The normalized spacial score (nSPS) is 10.8. The summed E-state index contributed by atoms with van der Waals surface area (Å²) in [5.74, 6) is 0.836. The summed E-state index contributed by atoms with van der Waals surface area (Å²) in [6.45, 7) is 2.53. The second-order valence-electron chi connectivity index (χ2n) is 6.90. The van der Waals surface area contributed by atoms with Crippen LogP contribution in [0.4, 0.5) is 0 Å². The minimum Gasteiger partial charge on any atom is -0.351 e. The van der Waals surface area contributed by atoms with E-state index in [9.17, 15) is 4.79 Å². The van der Waals surface area contributed by atoms with Gasteiger partial charge in [0.1, 0.15) is 0 Å². The molecule has 0 aliphatic carbocycles. The van der Waals surface area contributed by atoms with Gasteiger partial charge in [-0.3, -0.25) is 14.3 Å². The topological polar surface area (TPSA) is 72.7 Å². The highest BCUT2D eigenvalue weighted by atomic mass is 35.5. The molecule has 0 aliphatic heterocycles. The molecule has 0 saturated heterocycles. The van der Waals surface area contributed by atoms with E-state index in [1.807, 2.05) is 72.2 Å². The Morgan fingerprint density at radius 1 is 1.00 bits per heavy atom. The molecule has 156 valence electrons. The summed E-state index contributed by atoms with van der Waals surface area (Å²) < 4.78 is 1.92. The Kier molecular flexibility index (Phi) is 6.64. The SMILES string of the molecule is Cc1ccc(CNC(=O)CSc2nnc(-c3ccncc3)n2-c2ccc(Cl)cc2)cc1. The van der Waals surface area contributed by atoms with Gasteiger partial charge in [0.15, 0.2) is 11.0 Å². The monoisotopic (exact) mass is 449 g/mol. The molecule has 2 heterocycles. The average molecular weight is 450 g/mol. The molecule has 0 fully saturated rings. The van der Waals surface area contributed by atoms with Crippen LogP contribution in [0.15, 0.2) is 78.2 Å². The van der Waals surface area contributed by atoms with Crippen molar-refractivity contribution in [3.8, 4) is 17.1 Å². The van der Waals surface area contributed by atoms with Crippen molar-refractivity contribution in [3.63, 3.8) is 0 Å². The molecule has 1 amide bonds. The molecule has 4 rings (SSSR count). The summed E-state index contributed by atoms with van der Waals surface area (Å²) in [6.07, 6.45) is 3.42. The standard InChI is InChI=1S/C23H20ClN5OS/c1-16-2-4-17(5-3-16)14-26-21(30)15-31-23-28-27-22(18-10-12-25-13-11-18)29(23)20-8-6-19(24)7-9-20/h2-13H,14-15H2,1H3,(H,26,30). The lowest BCUT2D eigenvalue weighted by Gasteiger charge is -2.11. The van der Waals surface area contributed by atoms with Crippen LogP contribution < -0.4 is 5.32 Å². The van der Waals surface area contributed by atoms with Gasteiger partial charge in [0.2, 0.25) is 5.91 Å². The zero-order chi connectivity index (χ0) is 21.6. The summed E-state index contributed by atoms with van der Waals surface area (Å²) in [4.78, 5) is 16.5. The van der Waals surface area contributed by atoms with Crippen LogP contribution in [-0.4, -0.2) is 31.4 Å². The van der Waals surface area contributed by atoms with Crippen molar-refractivity contribution in [2.75, 3.05) is 5.75 Å². The lowest BCUT2D eigenvalue weighted by Crippen LogP contribution is -2.24. The molecule has 6 nitrogen and oxygen atoms in total. The molecule has 1 N–H and O–H groups in total. The number of halogens is 1. The summed E-state index contributed by atoms with van der Waals surface area (Å²) in [5.41, 5.74) is 4.00. The first kappa shape index (κ1) is 21.1. The quantitative estimate of drug-likeness (QED) is 0.414. The Labute approximate surface area is 189 Å². The van der Waals surface area contributed by atoms with E-state index in [1.54, 1.807) is 12.4 Å². The maximum Gasteiger partial charge on any atom is 0.230 e. The third kappa shape index (κ3) is 5.31. The second-order valence-corrected chi connectivity index (χ2v) is 8.28. The zero-order valence-electron chi connectivity index (χ0n) is 16.8. The molecule has 0 atom stereocenters. The molecule has 2 aromatic carbocycles. The molecule has 8 heteroatoms. The van der Waals surface area contributed by atoms with Gasteiger partial charge in [0.25, 0.3) is 0 Å². The zero-order valence-corrected chi connectivity index (χ0v) is 18.4. The number of aromatic nitrogens is 4. The summed E-state index contributed by atoms with van der Waals surface area (Å²) in [7, 11) is 0. The molecule has 0 aliphatic rings. The van der Waals surface area contributed by atoms with Gasteiger partial charge in [-0.05, 0) is 48.9 Å². The Morgan fingerprint density at radius 2 is 1.71 bits per heavy atom. The Hall–Kier alpha value is -3.16. The predicted octanol–water partition coefficient (Wildman–Crippen LogP) is 4.70. The first-order valence-corrected chi connectivity index (χ1v) is 11.0. The van der Waals surface area contributed by atoms with E-state index < -0.39 is 0 Å². The van der Waals surface area contributed by atoms with Crippen molar-refractivity contribution in [2.45, 2.75) is 18.6 Å². The number of rotatable bonds is 7. The van der Waals surface area contributed by atoms with Crippen LogP contribution in [0.25, 0.3) is 17.1 Å². The Morgan fingerprint density at radius 3 is 2.42 bits per heavy atom. The van der Waals surface area contributed by atoms with E-state index in [1.165, 1.54) is 17.3 Å². The second kappa shape index (κ2) is 9.76. The van der Waals surface area contributed by atoms with Crippen molar-refractivity contribution in [2.24, 2.45) is 0 Å². The largest absolute Gasteiger partial charge is 0.351 e. The number of nitrogens with zero attached hydrogens (tertiary/aromatic N) is 4. The third-order valence-electron chi connectivity index (χ3n) is 4.60. The molecule has 0 saturated carbocycles. The lowest BCUT2D eigenvalue weighted by atomic mass is 10.1. The number of thioether (sulfide) groups is 1. The first-order valence-electron chi connectivity index (χ1n) is 9.67. The van der Waals surface area contributed by atoms with Gasteiger partial charge in [0.05, 0.1) is 5.75 Å². The number of benzene rings is 2. The van der Waals surface area contributed by atoms with Crippen LogP contribution in [0.3, 0.4) is 0 Å². The minimum atomic E-state index is -0.0679. The van der Waals surface area contributed by atoms with Gasteiger partial charge in [-0.1, -0.05) is 53.2 Å². The van der Waals surface area contributed by atoms with Gasteiger partial charge in [-0.15, -0.1) is 10.2 Å². The fraction of sp³-hybridized carbons (Fsp3) is 0.130. The number of nitrogens with one attached hydrogen (secondary N) is 1. The maximum atomic E-state index is 12.4. The highest BCUT2D eigenvalue weighted by Crippen LogP contribution is 2.28. The summed E-state index contributed by atoms with van der Waals surface area (Å²) >= 11 is 7.40. The van der Waals surface area contributed by atoms with Gasteiger partial charge < -0.3 is 5.32 Å². The van der Waals surface area contributed by atoms with Gasteiger partial charge >= 0.3 is 0 Å². The van der Waals surface area contributed by atoms with Crippen LogP contribution in [-0.2, 0) is 11.3 Å². The van der Waals surface area contributed by atoms with E-state index in [0.29, 0.717) is 22.5 Å². The van der Waals surface area contributed by atoms with Crippen molar-refractivity contribution >= 4 is 29.3 Å². The number of hydrogen-bond donors (Lipinski definition) is 1. The maximum absolute atomic E-state index is 12.4. The molecule has 0 bridgehead atoms. The Bertz CT molecular complexity index is 1160. The molecule has 4 aromatic rings. The van der Waals surface area contributed by atoms with E-state index in [0.717, 1.165) is 16.8 Å². The van der Waals surface area contributed by atoms with Gasteiger partial charge in [0, 0.05) is 35.2 Å². The van der Waals surface area contributed by atoms with Gasteiger partial charge in [-0.2, -0.15) is 0 Å². The Balaban J connectivity index is 1.51. The van der Waals surface area contributed by atoms with Crippen LogP contribution in [0.1, 0.15) is 11.1 Å². The number of carbonyl (C=O) groups excluding carboxylic acids is 1. The number of aryl methyl sites for hydroxylation is 1. The highest BCUT2D eigenvalue weighted by Gasteiger charge is 2.17. The van der Waals surface area contributed by atoms with Crippen molar-refractivity contribution < 1.29 is 4.79 Å². The van der Waals surface area contributed by atoms with Crippen LogP contribution in [0, 0.1) is 6.92 Å². The average Bonchev–Trinajstić information content (AvgIpc) is 3.22. The highest BCUT2D eigenvalue weighted by molar-refractivity contribution is 7.99. The number of amides is 1. The van der Waals surface area contributed by atoms with E-state index >= 15 is 0 Å². The van der Waals surface area contributed by atoms with Crippen LogP contribution >= 0.6 is 23.4 Å². The number of carbonyl (C=O) groups is 1. The molecule has 31 heavy (non-hydrogen) atoms. The van der Waals surface area contributed by atoms with E-state index in [2.05, 4.69) is 20.5 Å². The van der Waals surface area contributed by atoms with Crippen molar-refractivity contribution in [3.05, 3.63) is 89.2 Å². The molecular weight excluding hydrogens is 430 g/mol. The van der Waals surface area contributed by atoms with E-state index in [4.69, 9.17) is 11.6 Å². The van der Waals surface area contributed by atoms with Crippen molar-refractivity contribution in [1.29, 1.82) is 0 Å². The lowest BCUT2D eigenvalue weighted by molar-refractivity contribution is -0.118. The summed E-state index contributed by atoms with van der Waals surface area (Å²) in [6, 6.07) is 19.3. The molecule has 0 spiro atoms. The summed E-state index contributed by atoms with van der Waals surface area (Å²) in [5, 5.41) is 12.9.